The molecule has 1 aliphatic rings. The molecule has 0 aromatic carbocycles. The second-order valence-corrected chi connectivity index (χ2v) is 10.1. The molecule has 3 heterocycles. The van der Waals surface area contributed by atoms with Crippen LogP contribution in [0.25, 0.3) is 11.1 Å². The van der Waals surface area contributed by atoms with E-state index in [1.54, 1.807) is 42.5 Å². The number of fused-ring (bicyclic) bond motifs is 1. The van der Waals surface area contributed by atoms with E-state index in [0.29, 0.717) is 12.1 Å². The largest absolute Gasteiger partial charge is 0.472 e. The summed E-state index contributed by atoms with van der Waals surface area (Å²) in [7, 11) is -1.92. The van der Waals surface area contributed by atoms with Gasteiger partial charge in [-0.3, -0.25) is 9.78 Å². The number of aromatic nitrogens is 2. The second-order valence-electron chi connectivity index (χ2n) is 7.98. The predicted molar refractivity (Wildman–Crippen MR) is 116 cm³/mol. The standard InChI is InChI=1S/C21H28N4O5S/c1-14-11-25(15(2)13-26)21(27)18-8-17(16-6-5-7-22-9-16)10-23-20(18)30-19(14)12-24(3)31(4,28)29/h5-10,14-15,19,26H,11-13H2,1-4H3/t14-,15-,19+/m0/s1. The van der Waals surface area contributed by atoms with E-state index in [9.17, 15) is 18.3 Å². The minimum Gasteiger partial charge on any atom is -0.472 e. The highest BCUT2D eigenvalue weighted by Gasteiger charge is 2.35. The average molecular weight is 449 g/mol. The fourth-order valence-electron chi connectivity index (χ4n) is 3.40. The third-order valence-electron chi connectivity index (χ3n) is 5.52. The van der Waals surface area contributed by atoms with Gasteiger partial charge in [-0.1, -0.05) is 13.0 Å². The molecule has 2 aromatic heterocycles. The predicted octanol–water partition coefficient (Wildman–Crippen LogP) is 1.26. The summed E-state index contributed by atoms with van der Waals surface area (Å²) in [5, 5.41) is 9.72. The Kier molecular flexibility index (Phi) is 6.93. The van der Waals surface area contributed by atoms with Gasteiger partial charge in [0.25, 0.3) is 5.91 Å². The van der Waals surface area contributed by atoms with Gasteiger partial charge in [0.05, 0.1) is 25.4 Å². The lowest BCUT2D eigenvalue weighted by Gasteiger charge is -2.37. The van der Waals surface area contributed by atoms with Crippen molar-refractivity contribution in [2.75, 3.05) is 33.0 Å². The van der Waals surface area contributed by atoms with E-state index in [-0.39, 0.29) is 36.4 Å². The van der Waals surface area contributed by atoms with Crippen LogP contribution in [0.15, 0.2) is 36.8 Å². The van der Waals surface area contributed by atoms with Crippen molar-refractivity contribution in [2.45, 2.75) is 26.0 Å². The monoisotopic (exact) mass is 448 g/mol. The van der Waals surface area contributed by atoms with Crippen molar-refractivity contribution < 1.29 is 23.1 Å². The molecular formula is C21H28N4O5S. The highest BCUT2D eigenvalue weighted by molar-refractivity contribution is 7.88. The molecular weight excluding hydrogens is 420 g/mol. The zero-order valence-electron chi connectivity index (χ0n) is 18.1. The molecule has 0 unspecified atom stereocenters. The van der Waals surface area contributed by atoms with Crippen molar-refractivity contribution in [2.24, 2.45) is 5.92 Å². The molecule has 9 nitrogen and oxygen atoms in total. The number of pyridine rings is 2. The van der Waals surface area contributed by atoms with Gasteiger partial charge >= 0.3 is 0 Å². The number of aliphatic hydroxyl groups is 1. The van der Waals surface area contributed by atoms with Gasteiger partial charge in [0.1, 0.15) is 11.7 Å². The Morgan fingerprint density at radius 2 is 2.10 bits per heavy atom. The summed E-state index contributed by atoms with van der Waals surface area (Å²) >= 11 is 0. The first-order valence-electron chi connectivity index (χ1n) is 10.0. The molecule has 3 atom stereocenters. The molecule has 2 aromatic rings. The van der Waals surface area contributed by atoms with Crippen molar-refractivity contribution >= 4 is 15.9 Å². The van der Waals surface area contributed by atoms with Crippen LogP contribution >= 0.6 is 0 Å². The Hall–Kier alpha value is -2.56. The third kappa shape index (κ3) is 5.20. The molecule has 3 rings (SSSR count). The smallest absolute Gasteiger partial charge is 0.259 e. The average Bonchev–Trinajstić information content (AvgIpc) is 2.75. The summed E-state index contributed by atoms with van der Waals surface area (Å²) in [5.74, 6) is -0.349. The van der Waals surface area contributed by atoms with Crippen LogP contribution in [0.5, 0.6) is 5.88 Å². The molecule has 1 amide bonds. The SMILES string of the molecule is C[C@H]1CN([C@@H](C)CO)C(=O)c2cc(-c3cccnc3)cnc2O[C@@H]1CN(C)S(C)(=O)=O. The first kappa shape index (κ1) is 23.1. The van der Waals surface area contributed by atoms with Gasteiger partial charge in [-0.25, -0.2) is 17.7 Å². The van der Waals surface area contributed by atoms with Crippen LogP contribution in [0.1, 0.15) is 24.2 Å². The summed E-state index contributed by atoms with van der Waals surface area (Å²) in [6.07, 6.45) is 5.55. The summed E-state index contributed by atoms with van der Waals surface area (Å²) in [5.41, 5.74) is 1.77. The number of likely N-dealkylation sites (N-methyl/N-ethyl adjacent to an activating group) is 1. The zero-order chi connectivity index (χ0) is 22.8. The molecule has 0 spiro atoms. The summed E-state index contributed by atoms with van der Waals surface area (Å²) in [4.78, 5) is 23.5. The maximum Gasteiger partial charge on any atom is 0.259 e. The van der Waals surface area contributed by atoms with Crippen LogP contribution in [0.2, 0.25) is 0 Å². The number of sulfonamides is 1. The number of ether oxygens (including phenoxy) is 1. The highest BCUT2D eigenvalue weighted by atomic mass is 32.2. The lowest BCUT2D eigenvalue weighted by molar-refractivity contribution is 0.0374. The van der Waals surface area contributed by atoms with Crippen molar-refractivity contribution in [3.05, 3.63) is 42.4 Å². The van der Waals surface area contributed by atoms with Gasteiger partial charge in [0.2, 0.25) is 15.9 Å². The second kappa shape index (κ2) is 9.29. The Morgan fingerprint density at radius 1 is 1.35 bits per heavy atom. The van der Waals surface area contributed by atoms with E-state index in [0.717, 1.165) is 11.8 Å². The lowest BCUT2D eigenvalue weighted by Crippen LogP contribution is -2.50. The Bertz CT molecular complexity index is 1030. The third-order valence-corrected chi connectivity index (χ3v) is 6.80. The van der Waals surface area contributed by atoms with Crippen molar-refractivity contribution in [3.8, 4) is 17.0 Å². The number of rotatable bonds is 6. The van der Waals surface area contributed by atoms with E-state index in [1.165, 1.54) is 11.4 Å². The number of carbonyl (C=O) groups is 1. The maximum absolute atomic E-state index is 13.4. The first-order valence-corrected chi connectivity index (χ1v) is 11.9. The highest BCUT2D eigenvalue weighted by Crippen LogP contribution is 2.30. The summed E-state index contributed by atoms with van der Waals surface area (Å²) in [6, 6.07) is 4.94. The topological polar surface area (TPSA) is 113 Å². The van der Waals surface area contributed by atoms with E-state index in [1.807, 2.05) is 13.0 Å². The van der Waals surface area contributed by atoms with Gasteiger partial charge in [0, 0.05) is 49.2 Å². The summed E-state index contributed by atoms with van der Waals surface area (Å²) in [6.45, 7) is 3.88. The molecule has 0 saturated heterocycles. The molecule has 10 heteroatoms. The number of hydrogen-bond acceptors (Lipinski definition) is 7. The minimum absolute atomic E-state index is 0.112. The van der Waals surface area contributed by atoms with Crippen LogP contribution in [-0.2, 0) is 10.0 Å². The van der Waals surface area contributed by atoms with Crippen molar-refractivity contribution in [3.63, 3.8) is 0 Å². The maximum atomic E-state index is 13.4. The van der Waals surface area contributed by atoms with Crippen LogP contribution in [0.4, 0.5) is 0 Å². The normalized spacial score (nSPS) is 20.6. The molecule has 1 N–H and O–H groups in total. The van der Waals surface area contributed by atoms with Crippen LogP contribution in [0, 0.1) is 5.92 Å². The summed E-state index contributed by atoms with van der Waals surface area (Å²) < 4.78 is 31.2. The number of carbonyl (C=O) groups excluding carboxylic acids is 1. The van der Waals surface area contributed by atoms with Crippen LogP contribution < -0.4 is 4.74 Å². The van der Waals surface area contributed by atoms with Gasteiger partial charge in [0.15, 0.2) is 0 Å². The molecule has 31 heavy (non-hydrogen) atoms. The fraction of sp³-hybridized carbons (Fsp3) is 0.476. The quantitative estimate of drug-likeness (QED) is 0.708. The molecule has 1 aliphatic heterocycles. The number of aliphatic hydroxyl groups excluding tert-OH is 1. The molecule has 0 aliphatic carbocycles. The zero-order valence-corrected chi connectivity index (χ0v) is 18.9. The van der Waals surface area contributed by atoms with Gasteiger partial charge in [-0.2, -0.15) is 0 Å². The van der Waals surface area contributed by atoms with Crippen LogP contribution in [0.3, 0.4) is 0 Å². The van der Waals surface area contributed by atoms with Crippen LogP contribution in [-0.4, -0.2) is 83.8 Å². The fourth-order valence-corrected chi connectivity index (χ4v) is 3.82. The van der Waals surface area contributed by atoms with Gasteiger partial charge in [-0.15, -0.1) is 0 Å². The van der Waals surface area contributed by atoms with E-state index in [4.69, 9.17) is 4.74 Å². The molecule has 0 saturated carbocycles. The molecule has 0 fully saturated rings. The molecule has 0 radical (unpaired) electrons. The minimum atomic E-state index is -3.41. The number of nitrogens with zero attached hydrogens (tertiary/aromatic N) is 4. The lowest BCUT2D eigenvalue weighted by atomic mass is 9.99. The van der Waals surface area contributed by atoms with Gasteiger partial charge in [-0.05, 0) is 19.1 Å². The van der Waals surface area contributed by atoms with Crippen molar-refractivity contribution in [1.29, 1.82) is 0 Å². The molecule has 0 bridgehead atoms. The van der Waals surface area contributed by atoms with Gasteiger partial charge < -0.3 is 14.7 Å². The number of hydrogen-bond donors (Lipinski definition) is 1. The van der Waals surface area contributed by atoms with Crippen molar-refractivity contribution in [1.82, 2.24) is 19.2 Å². The molecule has 168 valence electrons. The Balaban J connectivity index is 2.06. The first-order chi connectivity index (χ1) is 14.6. The van der Waals surface area contributed by atoms with E-state index >= 15 is 0 Å². The Morgan fingerprint density at radius 3 is 2.71 bits per heavy atom. The Labute approximate surface area is 182 Å². The van der Waals surface area contributed by atoms with E-state index in [2.05, 4.69) is 9.97 Å². The number of amides is 1. The van der Waals surface area contributed by atoms with E-state index < -0.39 is 22.2 Å².